The monoisotopic (exact) mass is 369 g/mol. The molecule has 128 valence electrons. The number of fused-ring (bicyclic) bond motifs is 1. The van der Waals surface area contributed by atoms with Crippen molar-refractivity contribution in [2.24, 2.45) is 0 Å². The van der Waals surface area contributed by atoms with E-state index in [1.54, 1.807) is 23.1 Å². The lowest BCUT2D eigenvalue weighted by Crippen LogP contribution is -2.60. The summed E-state index contributed by atoms with van der Waals surface area (Å²) in [5, 5.41) is 6.07. The molecule has 3 atom stereocenters. The predicted octanol–water partition coefficient (Wildman–Crippen LogP) is 1.60. The maximum absolute atomic E-state index is 12.4. The Hall–Kier alpha value is -1.79. The Morgan fingerprint density at radius 3 is 2.62 bits per heavy atom. The molecule has 1 aromatic rings. The molecule has 0 bridgehead atoms. The maximum atomic E-state index is 12.4. The SMILES string of the molecule is CC[C@@H]1NC(=O)[C@@H]2C[C@H](NC(=O)c3c(Cl)cccc3Cl)CN2C1=O. The topological polar surface area (TPSA) is 78.5 Å². The Morgan fingerprint density at radius 2 is 2.00 bits per heavy atom. The number of carbonyl (C=O) groups excluding carboxylic acids is 3. The van der Waals surface area contributed by atoms with Gasteiger partial charge in [0.15, 0.2) is 0 Å². The Kier molecular flexibility index (Phi) is 4.69. The van der Waals surface area contributed by atoms with Gasteiger partial charge in [-0.25, -0.2) is 0 Å². The molecule has 24 heavy (non-hydrogen) atoms. The molecule has 2 aliphatic rings. The first-order valence-electron chi connectivity index (χ1n) is 7.78. The smallest absolute Gasteiger partial charge is 0.254 e. The normalized spacial score (nSPS) is 26.1. The van der Waals surface area contributed by atoms with Crippen molar-refractivity contribution in [1.29, 1.82) is 0 Å². The van der Waals surface area contributed by atoms with Gasteiger partial charge < -0.3 is 15.5 Å². The van der Waals surface area contributed by atoms with E-state index in [0.717, 1.165) is 0 Å². The molecule has 0 saturated carbocycles. The third-order valence-electron chi connectivity index (χ3n) is 4.43. The van der Waals surface area contributed by atoms with Crippen LogP contribution in [0.2, 0.25) is 10.0 Å². The van der Waals surface area contributed by atoms with E-state index >= 15 is 0 Å². The van der Waals surface area contributed by atoms with Crippen molar-refractivity contribution in [1.82, 2.24) is 15.5 Å². The lowest BCUT2D eigenvalue weighted by atomic mass is 10.1. The maximum Gasteiger partial charge on any atom is 0.254 e. The minimum Gasteiger partial charge on any atom is -0.347 e. The van der Waals surface area contributed by atoms with Gasteiger partial charge in [0.05, 0.1) is 15.6 Å². The minimum absolute atomic E-state index is 0.102. The highest BCUT2D eigenvalue weighted by molar-refractivity contribution is 6.39. The lowest BCUT2D eigenvalue weighted by Gasteiger charge is -2.33. The number of carbonyl (C=O) groups is 3. The number of nitrogens with zero attached hydrogens (tertiary/aromatic N) is 1. The van der Waals surface area contributed by atoms with Crippen molar-refractivity contribution in [3.05, 3.63) is 33.8 Å². The molecule has 3 amide bonds. The molecule has 0 radical (unpaired) electrons. The summed E-state index contributed by atoms with van der Waals surface area (Å²) in [6.07, 6.45) is 0.919. The predicted molar refractivity (Wildman–Crippen MR) is 90.1 cm³/mol. The van der Waals surface area contributed by atoms with Gasteiger partial charge in [-0.2, -0.15) is 0 Å². The van der Waals surface area contributed by atoms with E-state index in [1.807, 2.05) is 6.92 Å². The summed E-state index contributed by atoms with van der Waals surface area (Å²) in [6.45, 7) is 2.15. The van der Waals surface area contributed by atoms with E-state index in [9.17, 15) is 14.4 Å². The number of nitrogens with one attached hydrogen (secondary N) is 2. The molecule has 2 saturated heterocycles. The Balaban J connectivity index is 1.73. The highest BCUT2D eigenvalue weighted by atomic mass is 35.5. The van der Waals surface area contributed by atoms with Crippen LogP contribution < -0.4 is 10.6 Å². The van der Waals surface area contributed by atoms with Crippen LogP contribution in [0.5, 0.6) is 0 Å². The van der Waals surface area contributed by atoms with Gasteiger partial charge in [0.25, 0.3) is 5.91 Å². The average Bonchev–Trinajstić information content (AvgIpc) is 2.95. The van der Waals surface area contributed by atoms with Crippen molar-refractivity contribution >= 4 is 40.9 Å². The average molecular weight is 370 g/mol. The molecular formula is C16H17Cl2N3O3. The van der Waals surface area contributed by atoms with Crippen LogP contribution in [0.25, 0.3) is 0 Å². The second-order valence-corrected chi connectivity index (χ2v) is 6.79. The van der Waals surface area contributed by atoms with Crippen molar-refractivity contribution in [3.8, 4) is 0 Å². The first-order chi connectivity index (χ1) is 11.4. The van der Waals surface area contributed by atoms with E-state index < -0.39 is 18.0 Å². The first-order valence-corrected chi connectivity index (χ1v) is 8.53. The van der Waals surface area contributed by atoms with Crippen molar-refractivity contribution in [3.63, 3.8) is 0 Å². The van der Waals surface area contributed by atoms with Crippen LogP contribution in [0.15, 0.2) is 18.2 Å². The second-order valence-electron chi connectivity index (χ2n) is 5.98. The summed E-state index contributed by atoms with van der Waals surface area (Å²) >= 11 is 12.1. The Labute approximate surface area is 149 Å². The first kappa shape index (κ1) is 17.0. The number of rotatable bonds is 3. The number of halogens is 2. The molecule has 2 heterocycles. The standard InChI is InChI=1S/C16H17Cl2N3O3/c1-2-11-16(24)21-7-8(6-12(21)14(22)20-11)19-15(23)13-9(17)4-3-5-10(13)18/h3-5,8,11-12H,2,6-7H2,1H3,(H,19,23)(H,20,22)/t8-,11-,12-/m0/s1. The molecule has 0 unspecified atom stereocenters. The largest absolute Gasteiger partial charge is 0.347 e. The Bertz CT molecular complexity index is 690. The van der Waals surface area contributed by atoms with Crippen LogP contribution in [0, 0.1) is 0 Å². The molecule has 2 fully saturated rings. The fourth-order valence-corrected chi connectivity index (χ4v) is 3.78. The number of hydrogen-bond acceptors (Lipinski definition) is 3. The zero-order valence-corrected chi connectivity index (χ0v) is 14.5. The van der Waals surface area contributed by atoms with Crippen LogP contribution >= 0.6 is 23.2 Å². The van der Waals surface area contributed by atoms with Crippen molar-refractivity contribution in [2.75, 3.05) is 6.54 Å². The van der Waals surface area contributed by atoms with Crippen LogP contribution in [0.1, 0.15) is 30.1 Å². The third-order valence-corrected chi connectivity index (χ3v) is 5.06. The molecule has 0 aromatic heterocycles. The highest BCUT2D eigenvalue weighted by Gasteiger charge is 2.46. The van der Waals surface area contributed by atoms with Crippen LogP contribution in [0.4, 0.5) is 0 Å². The quantitative estimate of drug-likeness (QED) is 0.849. The van der Waals surface area contributed by atoms with E-state index in [4.69, 9.17) is 23.2 Å². The van der Waals surface area contributed by atoms with Gasteiger partial charge in [-0.15, -0.1) is 0 Å². The van der Waals surface area contributed by atoms with Crippen molar-refractivity contribution < 1.29 is 14.4 Å². The second kappa shape index (κ2) is 6.61. The molecule has 1 aromatic carbocycles. The van der Waals surface area contributed by atoms with Crippen molar-refractivity contribution in [2.45, 2.75) is 37.9 Å². The third kappa shape index (κ3) is 2.96. The van der Waals surface area contributed by atoms with Gasteiger partial charge in [0, 0.05) is 12.6 Å². The molecular weight excluding hydrogens is 353 g/mol. The molecule has 2 aliphatic heterocycles. The van der Waals surface area contributed by atoms with Gasteiger partial charge >= 0.3 is 0 Å². The molecule has 0 spiro atoms. The summed E-state index contributed by atoms with van der Waals surface area (Å²) in [4.78, 5) is 38.5. The van der Waals surface area contributed by atoms with Gasteiger partial charge in [0.2, 0.25) is 11.8 Å². The zero-order chi connectivity index (χ0) is 17.4. The molecule has 8 heteroatoms. The summed E-state index contributed by atoms with van der Waals surface area (Å²) in [7, 11) is 0. The summed E-state index contributed by atoms with van der Waals surface area (Å²) in [5.41, 5.74) is 0.202. The fraction of sp³-hybridized carbons (Fsp3) is 0.438. The number of piperazine rings is 1. The van der Waals surface area contributed by atoms with E-state index in [0.29, 0.717) is 19.4 Å². The number of benzene rings is 1. The minimum atomic E-state index is -0.535. The fourth-order valence-electron chi connectivity index (χ4n) is 3.21. The van der Waals surface area contributed by atoms with Gasteiger partial charge in [-0.05, 0) is 25.0 Å². The zero-order valence-electron chi connectivity index (χ0n) is 13.0. The van der Waals surface area contributed by atoms with Crippen LogP contribution in [-0.4, -0.2) is 47.3 Å². The van der Waals surface area contributed by atoms with Gasteiger partial charge in [-0.1, -0.05) is 36.2 Å². The van der Waals surface area contributed by atoms with E-state index in [-0.39, 0.29) is 33.5 Å². The Morgan fingerprint density at radius 1 is 1.33 bits per heavy atom. The highest BCUT2D eigenvalue weighted by Crippen LogP contribution is 2.26. The molecule has 0 aliphatic carbocycles. The van der Waals surface area contributed by atoms with Crippen LogP contribution in [0.3, 0.4) is 0 Å². The molecule has 3 rings (SSSR count). The summed E-state index contributed by atoms with van der Waals surface area (Å²) < 4.78 is 0. The lowest BCUT2D eigenvalue weighted by molar-refractivity contribution is -0.147. The summed E-state index contributed by atoms with van der Waals surface area (Å²) in [5.74, 6) is -0.682. The van der Waals surface area contributed by atoms with Gasteiger partial charge in [0.1, 0.15) is 12.1 Å². The van der Waals surface area contributed by atoms with E-state index in [2.05, 4.69) is 10.6 Å². The van der Waals surface area contributed by atoms with Crippen LogP contribution in [-0.2, 0) is 9.59 Å². The van der Waals surface area contributed by atoms with E-state index in [1.165, 1.54) is 0 Å². The molecule has 6 nitrogen and oxygen atoms in total. The number of amides is 3. The number of hydrogen-bond donors (Lipinski definition) is 2. The molecule has 2 N–H and O–H groups in total. The summed E-state index contributed by atoms with van der Waals surface area (Å²) in [6, 6.07) is 3.49. The van der Waals surface area contributed by atoms with Gasteiger partial charge in [-0.3, -0.25) is 14.4 Å².